The van der Waals surface area contributed by atoms with Gasteiger partial charge in [0.1, 0.15) is 0 Å². The Hall–Kier alpha value is -1.61. The first kappa shape index (κ1) is 11.5. The summed E-state index contributed by atoms with van der Waals surface area (Å²) in [6, 6.07) is 7.96. The minimum atomic E-state index is -0.311. The van der Waals surface area contributed by atoms with E-state index in [-0.39, 0.29) is 12.5 Å². The fraction of sp³-hybridized carbons (Fsp3) is 0.250. The van der Waals surface area contributed by atoms with Crippen molar-refractivity contribution < 1.29 is 4.79 Å². The van der Waals surface area contributed by atoms with Gasteiger partial charge in [-0.25, -0.2) is 0 Å². The van der Waals surface area contributed by atoms with Crippen LogP contribution in [0.1, 0.15) is 11.1 Å². The molecule has 1 aromatic rings. The van der Waals surface area contributed by atoms with Crippen LogP contribution in [0.4, 0.5) is 0 Å². The predicted molar refractivity (Wildman–Crippen MR) is 62.1 cm³/mol. The number of nitrogens with two attached hydrogens (primary N) is 1. The first-order valence-electron chi connectivity index (χ1n) is 4.80. The lowest BCUT2D eigenvalue weighted by atomic mass is 10.1. The lowest BCUT2D eigenvalue weighted by Gasteiger charge is -2.15. The highest BCUT2D eigenvalue weighted by Gasteiger charge is 2.05. The van der Waals surface area contributed by atoms with Gasteiger partial charge in [0, 0.05) is 6.54 Å². The lowest BCUT2D eigenvalue weighted by molar-refractivity contribution is -0.118. The average molecular weight is 204 g/mol. The number of carbonyl (C=O) groups is 1. The Kier molecular flexibility index (Phi) is 4.06. The molecule has 0 heterocycles. The molecule has 0 radical (unpaired) electrons. The lowest BCUT2D eigenvalue weighted by Crippen LogP contribution is -2.30. The molecule has 0 atom stereocenters. The fourth-order valence-electron chi connectivity index (χ4n) is 1.49. The summed E-state index contributed by atoms with van der Waals surface area (Å²) in [5.74, 6) is -0.311. The third-order valence-corrected chi connectivity index (χ3v) is 2.14. The molecule has 0 saturated carbocycles. The molecular formula is C12H16N2O. The number of nitrogens with zero attached hydrogens (tertiary/aromatic N) is 1. The zero-order valence-corrected chi connectivity index (χ0v) is 8.94. The van der Waals surface area contributed by atoms with Crippen molar-refractivity contribution in [2.24, 2.45) is 5.73 Å². The number of rotatable bonds is 5. The second kappa shape index (κ2) is 5.32. The van der Waals surface area contributed by atoms with Gasteiger partial charge in [0.2, 0.25) is 5.91 Å². The van der Waals surface area contributed by atoms with E-state index >= 15 is 0 Å². The van der Waals surface area contributed by atoms with Crippen LogP contribution >= 0.6 is 0 Å². The van der Waals surface area contributed by atoms with Gasteiger partial charge < -0.3 is 5.73 Å². The van der Waals surface area contributed by atoms with Crippen molar-refractivity contribution >= 4 is 12.0 Å². The maximum Gasteiger partial charge on any atom is 0.231 e. The highest BCUT2D eigenvalue weighted by Crippen LogP contribution is 2.11. The molecule has 0 spiro atoms. The smallest absolute Gasteiger partial charge is 0.231 e. The molecule has 0 aliphatic carbocycles. The number of hydrogen-bond acceptors (Lipinski definition) is 2. The molecule has 1 amide bonds. The number of amides is 1. The Balaban J connectivity index is 2.71. The Morgan fingerprint density at radius 2 is 2.20 bits per heavy atom. The van der Waals surface area contributed by atoms with E-state index in [0.717, 1.165) is 11.1 Å². The van der Waals surface area contributed by atoms with Crippen molar-refractivity contribution in [1.82, 2.24) is 4.90 Å². The van der Waals surface area contributed by atoms with Gasteiger partial charge in [0.25, 0.3) is 0 Å². The summed E-state index contributed by atoms with van der Waals surface area (Å²) in [5, 5.41) is 0. The van der Waals surface area contributed by atoms with E-state index in [4.69, 9.17) is 5.73 Å². The third kappa shape index (κ3) is 3.56. The van der Waals surface area contributed by atoms with E-state index in [0.29, 0.717) is 6.54 Å². The van der Waals surface area contributed by atoms with Gasteiger partial charge in [-0.3, -0.25) is 9.69 Å². The minimum Gasteiger partial charge on any atom is -0.369 e. The van der Waals surface area contributed by atoms with Crippen LogP contribution in [0.5, 0.6) is 0 Å². The molecule has 0 aliphatic rings. The Labute approximate surface area is 90.2 Å². The van der Waals surface area contributed by atoms with Crippen molar-refractivity contribution in [3.63, 3.8) is 0 Å². The highest BCUT2D eigenvalue weighted by atomic mass is 16.1. The summed E-state index contributed by atoms with van der Waals surface area (Å²) in [6.07, 6.45) is 1.81. The van der Waals surface area contributed by atoms with E-state index in [1.807, 2.05) is 42.3 Å². The molecule has 80 valence electrons. The van der Waals surface area contributed by atoms with Crippen molar-refractivity contribution in [1.29, 1.82) is 0 Å². The van der Waals surface area contributed by atoms with E-state index < -0.39 is 0 Å². The average Bonchev–Trinajstić information content (AvgIpc) is 2.17. The van der Waals surface area contributed by atoms with Crippen molar-refractivity contribution in [3.05, 3.63) is 42.0 Å². The molecule has 15 heavy (non-hydrogen) atoms. The fourth-order valence-corrected chi connectivity index (χ4v) is 1.49. The van der Waals surface area contributed by atoms with Crippen LogP contribution in [0.15, 0.2) is 30.8 Å². The first-order valence-corrected chi connectivity index (χ1v) is 4.80. The number of likely N-dealkylation sites (N-methyl/N-ethyl adjacent to an activating group) is 1. The molecule has 3 nitrogen and oxygen atoms in total. The summed E-state index contributed by atoms with van der Waals surface area (Å²) in [7, 11) is 1.87. The van der Waals surface area contributed by atoms with Gasteiger partial charge in [-0.2, -0.15) is 0 Å². The number of carbonyl (C=O) groups excluding carboxylic acids is 1. The molecular weight excluding hydrogens is 188 g/mol. The van der Waals surface area contributed by atoms with Crippen LogP contribution in [0.2, 0.25) is 0 Å². The van der Waals surface area contributed by atoms with Crippen LogP contribution in [0.25, 0.3) is 6.08 Å². The summed E-state index contributed by atoms with van der Waals surface area (Å²) < 4.78 is 0. The Morgan fingerprint density at radius 3 is 2.80 bits per heavy atom. The van der Waals surface area contributed by atoms with Crippen LogP contribution in [-0.2, 0) is 11.3 Å². The van der Waals surface area contributed by atoms with Gasteiger partial charge in [0.15, 0.2) is 0 Å². The van der Waals surface area contributed by atoms with E-state index in [1.165, 1.54) is 0 Å². The third-order valence-electron chi connectivity index (χ3n) is 2.14. The molecule has 1 aromatic carbocycles. The van der Waals surface area contributed by atoms with Gasteiger partial charge in [-0.1, -0.05) is 36.9 Å². The van der Waals surface area contributed by atoms with E-state index in [9.17, 15) is 4.79 Å². The maximum atomic E-state index is 10.7. The minimum absolute atomic E-state index is 0.269. The molecule has 0 aliphatic heterocycles. The summed E-state index contributed by atoms with van der Waals surface area (Å²) in [4.78, 5) is 12.6. The standard InChI is InChI=1S/C12H16N2O/c1-3-10-6-4-5-7-11(10)8-14(2)9-12(13)15/h3-7H,1,8-9H2,2H3,(H2,13,15). The SMILES string of the molecule is C=Cc1ccccc1CN(C)CC(N)=O. The monoisotopic (exact) mass is 204 g/mol. The Bertz CT molecular complexity index is 360. The second-order valence-electron chi connectivity index (χ2n) is 3.54. The van der Waals surface area contributed by atoms with E-state index in [1.54, 1.807) is 0 Å². The quantitative estimate of drug-likeness (QED) is 0.784. The van der Waals surface area contributed by atoms with Gasteiger partial charge in [-0.05, 0) is 18.2 Å². The molecule has 0 unspecified atom stereocenters. The largest absolute Gasteiger partial charge is 0.369 e. The van der Waals surface area contributed by atoms with E-state index in [2.05, 4.69) is 6.58 Å². The van der Waals surface area contributed by atoms with Crippen LogP contribution in [-0.4, -0.2) is 24.4 Å². The number of benzene rings is 1. The number of hydrogen-bond donors (Lipinski definition) is 1. The van der Waals surface area contributed by atoms with Crippen LogP contribution in [0, 0.1) is 0 Å². The Morgan fingerprint density at radius 1 is 1.53 bits per heavy atom. The molecule has 2 N–H and O–H groups in total. The summed E-state index contributed by atoms with van der Waals surface area (Å²) in [5.41, 5.74) is 7.36. The first-order chi connectivity index (χ1) is 7.13. The van der Waals surface area contributed by atoms with Crippen molar-refractivity contribution in [3.8, 4) is 0 Å². The summed E-state index contributed by atoms with van der Waals surface area (Å²) >= 11 is 0. The maximum absolute atomic E-state index is 10.7. The molecule has 3 heteroatoms. The topological polar surface area (TPSA) is 46.3 Å². The van der Waals surface area contributed by atoms with Gasteiger partial charge in [0.05, 0.1) is 6.54 Å². The zero-order valence-electron chi connectivity index (χ0n) is 8.94. The van der Waals surface area contributed by atoms with Crippen molar-refractivity contribution in [2.75, 3.05) is 13.6 Å². The van der Waals surface area contributed by atoms with Crippen LogP contribution < -0.4 is 5.73 Å². The zero-order chi connectivity index (χ0) is 11.3. The van der Waals surface area contributed by atoms with Gasteiger partial charge >= 0.3 is 0 Å². The van der Waals surface area contributed by atoms with Gasteiger partial charge in [-0.15, -0.1) is 0 Å². The molecule has 0 fully saturated rings. The summed E-state index contributed by atoms with van der Waals surface area (Å²) in [6.45, 7) is 4.72. The molecule has 0 aromatic heterocycles. The van der Waals surface area contributed by atoms with Crippen LogP contribution in [0.3, 0.4) is 0 Å². The second-order valence-corrected chi connectivity index (χ2v) is 3.54. The normalized spacial score (nSPS) is 10.3. The van der Waals surface area contributed by atoms with Crippen molar-refractivity contribution in [2.45, 2.75) is 6.54 Å². The predicted octanol–water partition coefficient (Wildman–Crippen LogP) is 1.25. The highest BCUT2D eigenvalue weighted by molar-refractivity contribution is 5.75. The number of primary amides is 1. The molecule has 0 saturated heterocycles. The molecule has 0 bridgehead atoms. The molecule has 1 rings (SSSR count).